The van der Waals surface area contributed by atoms with Crippen LogP contribution >= 0.6 is 0 Å². The Hall–Kier alpha value is -1.94. The first-order valence-electron chi connectivity index (χ1n) is 4.63. The molecule has 0 amide bonds. The lowest BCUT2D eigenvalue weighted by molar-refractivity contribution is 1.36. The molecule has 1 aromatic rings. The highest BCUT2D eigenvalue weighted by molar-refractivity contribution is 5.49. The van der Waals surface area contributed by atoms with Crippen molar-refractivity contribution in [2.45, 2.75) is 6.42 Å². The van der Waals surface area contributed by atoms with Gasteiger partial charge in [-0.2, -0.15) is 0 Å². The molecular formula is C13H11N. The summed E-state index contributed by atoms with van der Waals surface area (Å²) in [6, 6.07) is 12.9. The average molecular weight is 181 g/mol. The summed E-state index contributed by atoms with van der Waals surface area (Å²) in [7, 11) is 0. The molecule has 1 N–H and O–H groups in total. The third kappa shape index (κ3) is 2.27. The van der Waals surface area contributed by atoms with E-state index in [9.17, 15) is 0 Å². The first kappa shape index (κ1) is 8.65. The minimum atomic E-state index is 0.962. The number of benzene rings is 1. The third-order valence-corrected chi connectivity index (χ3v) is 1.97. The van der Waals surface area contributed by atoms with Crippen LogP contribution in [0.15, 0.2) is 54.1 Å². The van der Waals surface area contributed by atoms with Gasteiger partial charge in [0.15, 0.2) is 0 Å². The number of para-hydroxylation sites is 1. The normalized spacial score (nSPS) is 13.0. The number of nitrogens with one attached hydrogen (secondary N) is 1. The molecule has 1 nitrogen and oxygen atoms in total. The van der Waals surface area contributed by atoms with E-state index in [-0.39, 0.29) is 0 Å². The lowest BCUT2D eigenvalue weighted by Gasteiger charge is -1.95. The van der Waals surface area contributed by atoms with E-state index in [1.54, 1.807) is 0 Å². The lowest BCUT2D eigenvalue weighted by atomic mass is 10.2. The van der Waals surface area contributed by atoms with E-state index in [1.165, 1.54) is 0 Å². The van der Waals surface area contributed by atoms with Gasteiger partial charge in [0.05, 0.1) is 0 Å². The van der Waals surface area contributed by atoms with Crippen LogP contribution in [0.25, 0.3) is 0 Å². The highest BCUT2D eigenvalue weighted by Gasteiger charge is 1.92. The molecule has 0 fully saturated rings. The van der Waals surface area contributed by atoms with Crippen molar-refractivity contribution in [2.75, 3.05) is 5.32 Å². The number of allylic oxidation sites excluding steroid dienone is 4. The molecule has 0 aromatic heterocycles. The molecule has 1 heteroatoms. The Labute approximate surface area is 84.2 Å². The van der Waals surface area contributed by atoms with E-state index in [4.69, 9.17) is 0 Å². The number of hydrogen-bond donors (Lipinski definition) is 1. The van der Waals surface area contributed by atoms with Gasteiger partial charge in [-0.15, -0.1) is 0 Å². The van der Waals surface area contributed by atoms with Crippen LogP contribution in [0.5, 0.6) is 0 Å². The van der Waals surface area contributed by atoms with Crippen LogP contribution in [0.3, 0.4) is 0 Å². The van der Waals surface area contributed by atoms with Crippen LogP contribution < -0.4 is 5.32 Å². The highest BCUT2D eigenvalue weighted by Crippen LogP contribution is 2.08. The second-order valence-electron chi connectivity index (χ2n) is 3.07. The lowest BCUT2D eigenvalue weighted by Crippen LogP contribution is -1.86. The minimum absolute atomic E-state index is 0.962. The van der Waals surface area contributed by atoms with Crippen LogP contribution in [-0.2, 0) is 0 Å². The fourth-order valence-electron chi connectivity index (χ4n) is 1.25. The van der Waals surface area contributed by atoms with Crippen molar-refractivity contribution in [3.8, 4) is 12.0 Å². The molecule has 0 unspecified atom stereocenters. The van der Waals surface area contributed by atoms with Gasteiger partial charge in [-0.25, -0.2) is 0 Å². The molecule has 0 atom stereocenters. The molecule has 1 aromatic carbocycles. The van der Waals surface area contributed by atoms with Crippen LogP contribution in [0.4, 0.5) is 5.69 Å². The van der Waals surface area contributed by atoms with Gasteiger partial charge < -0.3 is 5.32 Å². The summed E-state index contributed by atoms with van der Waals surface area (Å²) in [4.78, 5) is 0. The number of anilines is 1. The van der Waals surface area contributed by atoms with Gasteiger partial charge in [0.25, 0.3) is 0 Å². The Bertz CT molecular complexity index is 416. The van der Waals surface area contributed by atoms with Gasteiger partial charge >= 0.3 is 0 Å². The van der Waals surface area contributed by atoms with Crippen LogP contribution in [0.1, 0.15) is 6.42 Å². The Morgan fingerprint density at radius 1 is 1.14 bits per heavy atom. The van der Waals surface area contributed by atoms with Crippen molar-refractivity contribution in [2.24, 2.45) is 0 Å². The fraction of sp³-hybridized carbons (Fsp3) is 0.0769. The van der Waals surface area contributed by atoms with Crippen molar-refractivity contribution >= 4 is 5.69 Å². The SMILES string of the molecule is C(#CC1=CC=CC1)Nc1ccccc1. The van der Waals surface area contributed by atoms with Gasteiger partial charge in [-0.05, 0) is 24.5 Å². The highest BCUT2D eigenvalue weighted by atomic mass is 14.8. The van der Waals surface area contributed by atoms with Gasteiger partial charge in [-0.3, -0.25) is 0 Å². The first-order valence-corrected chi connectivity index (χ1v) is 4.63. The molecule has 0 bridgehead atoms. The molecule has 68 valence electrons. The second kappa shape index (κ2) is 4.34. The van der Waals surface area contributed by atoms with Crippen LogP contribution in [0, 0.1) is 12.0 Å². The van der Waals surface area contributed by atoms with E-state index < -0.39 is 0 Å². The van der Waals surface area contributed by atoms with Crippen LogP contribution in [0.2, 0.25) is 0 Å². The molecular weight excluding hydrogens is 170 g/mol. The largest absolute Gasteiger partial charge is 0.315 e. The average Bonchev–Trinajstić information content (AvgIpc) is 2.72. The van der Waals surface area contributed by atoms with E-state index in [1.807, 2.05) is 42.5 Å². The smallest absolute Gasteiger partial charge is 0.0459 e. The summed E-state index contributed by atoms with van der Waals surface area (Å²) >= 11 is 0. The van der Waals surface area contributed by atoms with Gasteiger partial charge in [0.2, 0.25) is 0 Å². The molecule has 0 spiro atoms. The molecule has 0 saturated heterocycles. The van der Waals surface area contributed by atoms with Gasteiger partial charge in [0.1, 0.15) is 0 Å². The minimum Gasteiger partial charge on any atom is -0.315 e. The third-order valence-electron chi connectivity index (χ3n) is 1.97. The molecule has 0 saturated carbocycles. The Morgan fingerprint density at radius 2 is 2.00 bits per heavy atom. The summed E-state index contributed by atoms with van der Waals surface area (Å²) in [5.74, 6) is 3.07. The van der Waals surface area contributed by atoms with Gasteiger partial charge in [-0.1, -0.05) is 36.4 Å². The van der Waals surface area contributed by atoms with Crippen molar-refractivity contribution in [3.63, 3.8) is 0 Å². The monoisotopic (exact) mass is 181 g/mol. The molecule has 1 aliphatic rings. The Morgan fingerprint density at radius 3 is 2.71 bits per heavy atom. The zero-order chi connectivity index (χ0) is 9.64. The topological polar surface area (TPSA) is 12.0 Å². The Kier molecular flexibility index (Phi) is 2.68. The van der Waals surface area contributed by atoms with Crippen molar-refractivity contribution in [3.05, 3.63) is 54.1 Å². The maximum atomic E-state index is 3.07. The maximum Gasteiger partial charge on any atom is 0.0459 e. The zero-order valence-electron chi connectivity index (χ0n) is 7.83. The predicted molar refractivity (Wildman–Crippen MR) is 59.7 cm³/mol. The van der Waals surface area contributed by atoms with Crippen LogP contribution in [-0.4, -0.2) is 0 Å². The molecule has 1 aliphatic carbocycles. The summed E-state index contributed by atoms with van der Waals surface area (Å²) in [5, 5.41) is 3.04. The standard InChI is InChI=1S/C13H11N/c1-2-8-13(9-3-1)14-11-10-12-6-4-5-7-12/h1-6,8-9,14H,7H2. The number of hydrogen-bond acceptors (Lipinski definition) is 1. The number of rotatable bonds is 1. The summed E-state index contributed by atoms with van der Waals surface area (Å²) in [5.41, 5.74) is 2.19. The van der Waals surface area contributed by atoms with Gasteiger partial charge in [0, 0.05) is 17.3 Å². The van der Waals surface area contributed by atoms with E-state index >= 15 is 0 Å². The molecule has 0 radical (unpaired) electrons. The fourth-order valence-corrected chi connectivity index (χ4v) is 1.25. The van der Waals surface area contributed by atoms with Crippen molar-refractivity contribution in [1.29, 1.82) is 0 Å². The van der Waals surface area contributed by atoms with Crippen molar-refractivity contribution < 1.29 is 0 Å². The Balaban J connectivity index is 1.94. The predicted octanol–water partition coefficient (Wildman–Crippen LogP) is 2.95. The molecule has 14 heavy (non-hydrogen) atoms. The zero-order valence-corrected chi connectivity index (χ0v) is 7.83. The summed E-state index contributed by atoms with van der Waals surface area (Å²) in [6.45, 7) is 0. The summed E-state index contributed by atoms with van der Waals surface area (Å²) < 4.78 is 0. The van der Waals surface area contributed by atoms with E-state index in [0.29, 0.717) is 0 Å². The second-order valence-corrected chi connectivity index (χ2v) is 3.07. The van der Waals surface area contributed by atoms with E-state index in [2.05, 4.69) is 23.4 Å². The van der Waals surface area contributed by atoms with Crippen molar-refractivity contribution in [1.82, 2.24) is 0 Å². The first-order chi connectivity index (χ1) is 6.95. The molecule has 2 rings (SSSR count). The van der Waals surface area contributed by atoms with E-state index in [0.717, 1.165) is 17.7 Å². The molecule has 0 heterocycles. The molecule has 0 aliphatic heterocycles. The summed E-state index contributed by atoms with van der Waals surface area (Å²) in [6.07, 6.45) is 7.14. The maximum absolute atomic E-state index is 3.07. The quantitative estimate of drug-likeness (QED) is 0.519.